The molecule has 0 aliphatic rings. The van der Waals surface area contributed by atoms with Crippen LogP contribution in [-0.4, -0.2) is 20.9 Å². The zero-order valence-corrected chi connectivity index (χ0v) is 21.4. The van der Waals surface area contributed by atoms with Gasteiger partial charge in [0.1, 0.15) is 18.0 Å². The fourth-order valence-electron chi connectivity index (χ4n) is 4.05. The Bertz CT molecular complexity index is 1650. The zero-order valence-electron chi connectivity index (χ0n) is 20.6. The molecular weight excluding hydrogens is 506 g/mol. The molecule has 0 aliphatic heterocycles. The predicted octanol–water partition coefficient (Wildman–Crippen LogP) is 6.03. The molecule has 1 amide bonds. The average Bonchev–Trinajstić information content (AvgIpc) is 3.38. The van der Waals surface area contributed by atoms with Crippen molar-refractivity contribution in [1.82, 2.24) is 20.3 Å². The summed E-state index contributed by atoms with van der Waals surface area (Å²) < 4.78 is 27.0. The van der Waals surface area contributed by atoms with Crippen molar-refractivity contribution >= 4 is 39.8 Å². The first-order valence-electron chi connectivity index (χ1n) is 11.8. The molecule has 192 valence electrons. The Morgan fingerprint density at radius 3 is 2.68 bits per heavy atom. The lowest BCUT2D eigenvalue weighted by atomic mass is 10.1. The molecule has 0 spiro atoms. The van der Waals surface area contributed by atoms with Crippen molar-refractivity contribution in [3.8, 4) is 10.4 Å². The molecule has 2 aromatic carbocycles. The number of halogens is 2. The number of nitrogens with one attached hydrogen (secondary N) is 2. The van der Waals surface area contributed by atoms with E-state index in [1.807, 2.05) is 37.3 Å². The molecule has 0 bridgehead atoms. The van der Waals surface area contributed by atoms with Crippen molar-refractivity contribution < 1.29 is 13.6 Å². The molecule has 5 aromatic rings. The second-order valence-corrected chi connectivity index (χ2v) is 10.1. The number of hydrogen-bond donors (Lipinski definition) is 3. The van der Waals surface area contributed by atoms with Crippen LogP contribution < -0.4 is 16.4 Å². The number of carbonyl (C=O) groups excluding carboxylic acids is 1. The summed E-state index contributed by atoms with van der Waals surface area (Å²) in [6, 6.07) is 14.7. The summed E-state index contributed by atoms with van der Waals surface area (Å²) in [4.78, 5) is 28.0. The molecule has 0 radical (unpaired) electrons. The van der Waals surface area contributed by atoms with E-state index < -0.39 is 17.7 Å². The van der Waals surface area contributed by atoms with Gasteiger partial charge in [0.15, 0.2) is 11.6 Å². The number of anilines is 2. The number of aryl methyl sites for hydroxylation is 1. The van der Waals surface area contributed by atoms with E-state index in [1.165, 1.54) is 12.4 Å². The standard InChI is InChI=1S/C28H24F2N6OS/c1-15-9-21(28(37)36-16(2)17-3-6-22(29)23(30)11-17)27(32-12-15)33-13-19-5-8-25(38-19)18-4-7-24-20(10-18)26(31)35-14-34-24/h3-12,14,16H,13H2,1-2H3,(H,32,33)(H,36,37)(H2,31,34,35)/t16-/m0/s1. The first-order valence-corrected chi connectivity index (χ1v) is 12.7. The summed E-state index contributed by atoms with van der Waals surface area (Å²) in [7, 11) is 0. The third-order valence-electron chi connectivity index (χ3n) is 6.10. The van der Waals surface area contributed by atoms with Crippen LogP contribution in [0.2, 0.25) is 0 Å². The number of carbonyl (C=O) groups is 1. The van der Waals surface area contributed by atoms with Gasteiger partial charge in [-0.25, -0.2) is 23.7 Å². The highest BCUT2D eigenvalue weighted by molar-refractivity contribution is 7.15. The topological polar surface area (TPSA) is 106 Å². The van der Waals surface area contributed by atoms with Crippen molar-refractivity contribution in [2.24, 2.45) is 0 Å². The summed E-state index contributed by atoms with van der Waals surface area (Å²) in [5.41, 5.74) is 9.45. The number of hydrogen-bond acceptors (Lipinski definition) is 7. The SMILES string of the molecule is Cc1cnc(NCc2ccc(-c3ccc4ncnc(N)c4c3)s2)c(C(=O)N[C@@H](C)c2ccc(F)c(F)c2)c1. The molecule has 3 heterocycles. The summed E-state index contributed by atoms with van der Waals surface area (Å²) >= 11 is 1.61. The Hall–Kier alpha value is -4.44. The first kappa shape index (κ1) is 25.2. The molecule has 0 aliphatic carbocycles. The predicted molar refractivity (Wildman–Crippen MR) is 146 cm³/mol. The van der Waals surface area contributed by atoms with Crippen LogP contribution in [-0.2, 0) is 6.54 Å². The van der Waals surface area contributed by atoms with E-state index >= 15 is 0 Å². The van der Waals surface area contributed by atoms with E-state index in [0.717, 1.165) is 43.9 Å². The van der Waals surface area contributed by atoms with Crippen molar-refractivity contribution in [2.45, 2.75) is 26.4 Å². The molecule has 0 unspecified atom stereocenters. The highest BCUT2D eigenvalue weighted by atomic mass is 32.1. The highest BCUT2D eigenvalue weighted by Crippen LogP contribution is 2.31. The maximum Gasteiger partial charge on any atom is 0.255 e. The van der Waals surface area contributed by atoms with Gasteiger partial charge in [-0.15, -0.1) is 11.3 Å². The van der Waals surface area contributed by atoms with E-state index in [0.29, 0.717) is 29.3 Å². The molecule has 1 atom stereocenters. The van der Waals surface area contributed by atoms with Crippen molar-refractivity contribution in [3.63, 3.8) is 0 Å². The Balaban J connectivity index is 1.31. The van der Waals surface area contributed by atoms with E-state index in [-0.39, 0.29) is 5.91 Å². The third kappa shape index (κ3) is 5.30. The van der Waals surface area contributed by atoms with Crippen LogP contribution in [0.15, 0.2) is 67.1 Å². The number of fused-ring (bicyclic) bond motifs is 1. The number of aromatic nitrogens is 3. The second kappa shape index (κ2) is 10.5. The van der Waals surface area contributed by atoms with Crippen LogP contribution in [0.5, 0.6) is 0 Å². The van der Waals surface area contributed by atoms with Gasteiger partial charge < -0.3 is 16.4 Å². The van der Waals surface area contributed by atoms with E-state index in [2.05, 4.69) is 25.6 Å². The van der Waals surface area contributed by atoms with Crippen LogP contribution in [0.4, 0.5) is 20.4 Å². The number of nitrogen functional groups attached to an aromatic ring is 1. The van der Waals surface area contributed by atoms with Gasteiger partial charge in [-0.3, -0.25) is 4.79 Å². The number of benzene rings is 2. The lowest BCUT2D eigenvalue weighted by molar-refractivity contribution is 0.0940. The van der Waals surface area contributed by atoms with E-state index in [1.54, 1.807) is 30.5 Å². The summed E-state index contributed by atoms with van der Waals surface area (Å²) in [5, 5.41) is 6.90. The molecule has 0 saturated carbocycles. The van der Waals surface area contributed by atoms with Crippen LogP contribution in [0.25, 0.3) is 21.3 Å². The molecule has 4 N–H and O–H groups in total. The number of rotatable bonds is 7. The van der Waals surface area contributed by atoms with Gasteiger partial charge in [0.25, 0.3) is 5.91 Å². The van der Waals surface area contributed by atoms with Gasteiger partial charge in [-0.1, -0.05) is 12.1 Å². The lowest BCUT2D eigenvalue weighted by Gasteiger charge is -2.17. The highest BCUT2D eigenvalue weighted by Gasteiger charge is 2.18. The molecule has 10 heteroatoms. The maximum atomic E-state index is 13.7. The number of nitrogens with two attached hydrogens (primary N) is 1. The van der Waals surface area contributed by atoms with Gasteiger partial charge in [0.2, 0.25) is 0 Å². The van der Waals surface area contributed by atoms with Crippen LogP contribution in [0.1, 0.15) is 39.3 Å². The number of amides is 1. The molecule has 3 aromatic heterocycles. The molecule has 0 saturated heterocycles. The quantitative estimate of drug-likeness (QED) is 0.237. The largest absolute Gasteiger partial charge is 0.383 e. The fraction of sp³-hybridized carbons (Fsp3) is 0.143. The monoisotopic (exact) mass is 530 g/mol. The molecular formula is C28H24F2N6OS. The Labute approximate surface area is 221 Å². The minimum Gasteiger partial charge on any atom is -0.383 e. The number of pyridine rings is 1. The third-order valence-corrected chi connectivity index (χ3v) is 7.24. The average molecular weight is 531 g/mol. The minimum absolute atomic E-state index is 0.362. The van der Waals surface area contributed by atoms with Crippen molar-refractivity contribution in [3.05, 3.63) is 100 Å². The zero-order chi connectivity index (χ0) is 26.8. The smallest absolute Gasteiger partial charge is 0.255 e. The maximum absolute atomic E-state index is 13.7. The molecule has 38 heavy (non-hydrogen) atoms. The van der Waals surface area contributed by atoms with Crippen LogP contribution >= 0.6 is 11.3 Å². The van der Waals surface area contributed by atoms with Crippen LogP contribution in [0.3, 0.4) is 0 Å². The molecule has 5 rings (SSSR count). The van der Waals surface area contributed by atoms with E-state index in [9.17, 15) is 13.6 Å². The Morgan fingerprint density at radius 1 is 1.03 bits per heavy atom. The van der Waals surface area contributed by atoms with Crippen LogP contribution in [0, 0.1) is 18.6 Å². The van der Waals surface area contributed by atoms with Crippen molar-refractivity contribution in [1.29, 1.82) is 0 Å². The lowest BCUT2D eigenvalue weighted by Crippen LogP contribution is -2.28. The summed E-state index contributed by atoms with van der Waals surface area (Å²) in [5.74, 6) is -1.40. The first-order chi connectivity index (χ1) is 18.3. The summed E-state index contributed by atoms with van der Waals surface area (Å²) in [6.45, 7) is 4.01. The van der Waals surface area contributed by atoms with Gasteiger partial charge >= 0.3 is 0 Å². The van der Waals surface area contributed by atoms with Gasteiger partial charge in [0.05, 0.1) is 23.7 Å². The molecule has 7 nitrogen and oxygen atoms in total. The number of thiophene rings is 1. The fourth-order valence-corrected chi connectivity index (χ4v) is 5.00. The summed E-state index contributed by atoms with van der Waals surface area (Å²) in [6.07, 6.45) is 3.13. The van der Waals surface area contributed by atoms with Gasteiger partial charge in [-0.05, 0) is 73.0 Å². The number of nitrogens with zero attached hydrogens (tertiary/aromatic N) is 3. The Kier molecular flexibility index (Phi) is 6.97. The second-order valence-electron chi connectivity index (χ2n) is 8.89. The molecule has 0 fully saturated rings. The minimum atomic E-state index is -0.959. The van der Waals surface area contributed by atoms with E-state index in [4.69, 9.17) is 5.73 Å². The van der Waals surface area contributed by atoms with Crippen molar-refractivity contribution in [2.75, 3.05) is 11.1 Å². The normalized spacial score (nSPS) is 11.9. The van der Waals surface area contributed by atoms with Gasteiger partial charge in [-0.2, -0.15) is 0 Å². The Morgan fingerprint density at radius 2 is 1.87 bits per heavy atom. The van der Waals surface area contributed by atoms with Gasteiger partial charge in [0, 0.05) is 21.3 Å².